The number of carbonyl (C=O) groups is 2. The molecule has 0 bridgehead atoms. The van der Waals surface area contributed by atoms with Crippen LogP contribution < -0.4 is 16.2 Å². The van der Waals surface area contributed by atoms with Crippen molar-refractivity contribution in [2.24, 2.45) is 0 Å². The molecule has 0 fully saturated rings. The second kappa shape index (κ2) is 12.7. The third kappa shape index (κ3) is 8.46. The number of halogens is 1. The Bertz CT molecular complexity index is 1340. The van der Waals surface area contributed by atoms with Crippen molar-refractivity contribution in [3.05, 3.63) is 85.9 Å². The number of hydrogen-bond acceptors (Lipinski definition) is 7. The number of nitrogens with one attached hydrogen (secondary N) is 2. The molecule has 0 radical (unpaired) electrons. The van der Waals surface area contributed by atoms with Crippen molar-refractivity contribution in [2.75, 3.05) is 0 Å². The molecular weight excluding hydrogens is 512 g/mol. The third-order valence-corrected chi connectivity index (χ3v) is 5.88. The van der Waals surface area contributed by atoms with Crippen molar-refractivity contribution in [2.45, 2.75) is 72.4 Å². The normalized spacial score (nSPS) is 11.3. The number of aromatic nitrogens is 2. The molecule has 38 heavy (non-hydrogen) atoms. The summed E-state index contributed by atoms with van der Waals surface area (Å²) < 4.78 is 11.9. The molecule has 2 heterocycles. The van der Waals surface area contributed by atoms with E-state index in [2.05, 4.69) is 15.6 Å². The van der Waals surface area contributed by atoms with Crippen molar-refractivity contribution in [3.8, 4) is 0 Å². The summed E-state index contributed by atoms with van der Waals surface area (Å²) in [7, 11) is 0. The van der Waals surface area contributed by atoms with Gasteiger partial charge in [-0.25, -0.2) is 9.78 Å². The second-order valence-electron chi connectivity index (χ2n) is 9.84. The van der Waals surface area contributed by atoms with E-state index in [0.717, 1.165) is 16.7 Å². The van der Waals surface area contributed by atoms with Crippen LogP contribution in [-0.2, 0) is 48.6 Å². The Labute approximate surface area is 226 Å². The number of pyridine rings is 1. The Morgan fingerprint density at radius 1 is 1.16 bits per heavy atom. The molecule has 0 spiro atoms. The quantitative estimate of drug-likeness (QED) is 0.356. The smallest absolute Gasteiger partial charge is 0.407 e. The minimum absolute atomic E-state index is 0.0871. The number of aryl methyl sites for hydroxylation is 3. The Morgan fingerprint density at radius 2 is 1.89 bits per heavy atom. The molecule has 3 aromatic rings. The lowest BCUT2D eigenvalue weighted by Crippen LogP contribution is -2.33. The van der Waals surface area contributed by atoms with Gasteiger partial charge in [0.15, 0.2) is 0 Å². The maximum atomic E-state index is 13.1. The molecule has 1 aromatic carbocycles. The first-order valence-electron chi connectivity index (χ1n) is 12.2. The molecule has 0 aliphatic heterocycles. The standard InChI is InChI=1S/C27H33ClN4O6/c1-17-7-9-32(10-8-21-16-37-24(15-33)31-21)25(35)22(17)12-23(34)29-14-19-11-20(28)6-5-18(19)13-30-26(36)38-27(2,3)4/h5-7,9,11,16,33H,8,10,12-15H2,1-4H3,(H,29,34)(H,30,36). The Balaban J connectivity index is 1.63. The van der Waals surface area contributed by atoms with Crippen LogP contribution in [0, 0.1) is 6.92 Å². The van der Waals surface area contributed by atoms with Gasteiger partial charge >= 0.3 is 6.09 Å². The van der Waals surface area contributed by atoms with Crippen molar-refractivity contribution >= 4 is 23.6 Å². The SMILES string of the molecule is Cc1ccn(CCc2coc(CO)n2)c(=O)c1CC(=O)NCc1cc(Cl)ccc1CNC(=O)OC(C)(C)C. The number of benzene rings is 1. The van der Waals surface area contributed by atoms with Crippen LogP contribution in [-0.4, -0.2) is 32.3 Å². The minimum Gasteiger partial charge on any atom is -0.446 e. The van der Waals surface area contributed by atoms with Gasteiger partial charge in [-0.3, -0.25) is 9.59 Å². The first-order valence-corrected chi connectivity index (χ1v) is 12.6. The van der Waals surface area contributed by atoms with Gasteiger partial charge in [0.2, 0.25) is 11.8 Å². The van der Waals surface area contributed by atoms with Crippen LogP contribution >= 0.6 is 11.6 Å². The number of hydrogen-bond donors (Lipinski definition) is 3. The molecule has 3 N–H and O–H groups in total. The van der Waals surface area contributed by atoms with Crippen molar-refractivity contribution in [1.29, 1.82) is 0 Å². The predicted molar refractivity (Wildman–Crippen MR) is 142 cm³/mol. The molecule has 10 nitrogen and oxygen atoms in total. The molecule has 0 atom stereocenters. The molecule has 0 saturated heterocycles. The number of aliphatic hydroxyl groups is 1. The van der Waals surface area contributed by atoms with E-state index in [1.54, 1.807) is 58.2 Å². The lowest BCUT2D eigenvalue weighted by Gasteiger charge is -2.20. The number of alkyl carbamates (subject to hydrolysis) is 1. The lowest BCUT2D eigenvalue weighted by molar-refractivity contribution is -0.120. The van der Waals surface area contributed by atoms with E-state index in [1.807, 2.05) is 0 Å². The molecule has 2 amide bonds. The van der Waals surface area contributed by atoms with E-state index in [4.69, 9.17) is 25.9 Å². The van der Waals surface area contributed by atoms with Gasteiger partial charge in [-0.15, -0.1) is 0 Å². The Morgan fingerprint density at radius 3 is 2.58 bits per heavy atom. The monoisotopic (exact) mass is 544 g/mol. The molecule has 0 aliphatic carbocycles. The zero-order chi connectivity index (χ0) is 27.9. The zero-order valence-corrected chi connectivity index (χ0v) is 22.7. The fourth-order valence-corrected chi connectivity index (χ4v) is 3.90. The molecule has 3 rings (SSSR count). The van der Waals surface area contributed by atoms with Gasteiger partial charge < -0.3 is 29.5 Å². The number of carbonyl (C=O) groups excluding carboxylic acids is 2. The maximum Gasteiger partial charge on any atom is 0.407 e. The first-order chi connectivity index (χ1) is 17.9. The van der Waals surface area contributed by atoms with Gasteiger partial charge in [0.25, 0.3) is 5.56 Å². The van der Waals surface area contributed by atoms with Crippen LogP contribution in [0.1, 0.15) is 54.6 Å². The molecule has 11 heteroatoms. The molecular formula is C27H33ClN4O6. The largest absolute Gasteiger partial charge is 0.446 e. The summed E-state index contributed by atoms with van der Waals surface area (Å²) in [6.45, 7) is 7.56. The van der Waals surface area contributed by atoms with E-state index in [0.29, 0.717) is 29.2 Å². The predicted octanol–water partition coefficient (Wildman–Crippen LogP) is 3.42. The average Bonchev–Trinajstić information content (AvgIpc) is 3.31. The summed E-state index contributed by atoms with van der Waals surface area (Å²) in [4.78, 5) is 42.0. The van der Waals surface area contributed by atoms with Gasteiger partial charge in [-0.2, -0.15) is 0 Å². The fourth-order valence-electron chi connectivity index (χ4n) is 3.70. The number of ether oxygens (including phenoxy) is 1. The number of amides is 2. The number of nitrogens with zero attached hydrogens (tertiary/aromatic N) is 2. The van der Waals surface area contributed by atoms with Crippen LogP contribution in [0.15, 0.2) is 45.9 Å². The van der Waals surface area contributed by atoms with Crippen LogP contribution in [0.2, 0.25) is 5.02 Å². The van der Waals surface area contributed by atoms with Crippen LogP contribution in [0.5, 0.6) is 0 Å². The summed E-state index contributed by atoms with van der Waals surface area (Å²) in [5.41, 5.74) is 2.38. The van der Waals surface area contributed by atoms with E-state index in [-0.39, 0.29) is 43.5 Å². The fraction of sp³-hybridized carbons (Fsp3) is 0.407. The second-order valence-corrected chi connectivity index (χ2v) is 10.3. The minimum atomic E-state index is -0.616. The van der Waals surface area contributed by atoms with Gasteiger partial charge in [0, 0.05) is 42.8 Å². The molecule has 0 saturated carbocycles. The van der Waals surface area contributed by atoms with E-state index < -0.39 is 11.7 Å². The highest BCUT2D eigenvalue weighted by Crippen LogP contribution is 2.17. The van der Waals surface area contributed by atoms with E-state index in [1.165, 1.54) is 10.8 Å². The zero-order valence-electron chi connectivity index (χ0n) is 22.0. The van der Waals surface area contributed by atoms with Crippen LogP contribution in [0.3, 0.4) is 0 Å². The summed E-state index contributed by atoms with van der Waals surface area (Å²) in [5, 5.41) is 15.1. The van der Waals surface area contributed by atoms with Crippen molar-refractivity contribution in [3.63, 3.8) is 0 Å². The maximum absolute atomic E-state index is 13.1. The lowest BCUT2D eigenvalue weighted by atomic mass is 10.1. The average molecular weight is 545 g/mol. The van der Waals surface area contributed by atoms with Crippen LogP contribution in [0.4, 0.5) is 4.79 Å². The topological polar surface area (TPSA) is 136 Å². The summed E-state index contributed by atoms with van der Waals surface area (Å²) in [6, 6.07) is 7.00. The highest BCUT2D eigenvalue weighted by molar-refractivity contribution is 6.30. The van der Waals surface area contributed by atoms with Crippen LogP contribution in [0.25, 0.3) is 0 Å². The number of aliphatic hydroxyl groups excluding tert-OH is 1. The summed E-state index contributed by atoms with van der Waals surface area (Å²) in [6.07, 6.45) is 2.94. The van der Waals surface area contributed by atoms with E-state index >= 15 is 0 Å². The summed E-state index contributed by atoms with van der Waals surface area (Å²) >= 11 is 6.16. The third-order valence-electron chi connectivity index (χ3n) is 5.65. The number of oxazole rings is 1. The summed E-state index contributed by atoms with van der Waals surface area (Å²) in [5.74, 6) is -0.102. The number of rotatable bonds is 10. The Hall–Kier alpha value is -3.63. The molecule has 0 aliphatic rings. The highest BCUT2D eigenvalue weighted by atomic mass is 35.5. The van der Waals surface area contributed by atoms with Gasteiger partial charge in [-0.05, 0) is 62.6 Å². The molecule has 2 aromatic heterocycles. The van der Waals surface area contributed by atoms with Gasteiger partial charge in [0.05, 0.1) is 12.1 Å². The van der Waals surface area contributed by atoms with E-state index in [9.17, 15) is 14.4 Å². The van der Waals surface area contributed by atoms with Crippen molar-refractivity contribution < 1.29 is 23.8 Å². The van der Waals surface area contributed by atoms with Crippen molar-refractivity contribution in [1.82, 2.24) is 20.2 Å². The van der Waals surface area contributed by atoms with Gasteiger partial charge in [-0.1, -0.05) is 17.7 Å². The van der Waals surface area contributed by atoms with Gasteiger partial charge in [0.1, 0.15) is 18.5 Å². The molecule has 0 unspecified atom stereocenters. The first kappa shape index (κ1) is 28.9. The Kier molecular flexibility index (Phi) is 9.71. The highest BCUT2D eigenvalue weighted by Gasteiger charge is 2.17. The molecule has 204 valence electrons.